The van der Waals surface area contributed by atoms with Crippen molar-refractivity contribution >= 4 is 23.4 Å². The fourth-order valence-corrected chi connectivity index (χ4v) is 1.47. The van der Waals surface area contributed by atoms with Crippen LogP contribution < -0.4 is 10.6 Å². The Kier molecular flexibility index (Phi) is 5.09. The van der Waals surface area contributed by atoms with Crippen molar-refractivity contribution in [1.29, 1.82) is 0 Å². The summed E-state index contributed by atoms with van der Waals surface area (Å²) in [5.41, 5.74) is 0.374. The van der Waals surface area contributed by atoms with Gasteiger partial charge in [0.25, 0.3) is 5.91 Å². The molecule has 1 rings (SSSR count). The van der Waals surface area contributed by atoms with Crippen LogP contribution in [-0.2, 0) is 4.79 Å². The van der Waals surface area contributed by atoms with Crippen molar-refractivity contribution in [3.05, 3.63) is 29.0 Å². The predicted molar refractivity (Wildman–Crippen MR) is 69.5 cm³/mol. The van der Waals surface area contributed by atoms with Gasteiger partial charge in [-0.2, -0.15) is 0 Å². The Morgan fingerprint density at radius 2 is 1.94 bits per heavy atom. The zero-order valence-corrected chi connectivity index (χ0v) is 11.3. The van der Waals surface area contributed by atoms with Crippen molar-refractivity contribution in [1.82, 2.24) is 15.6 Å². The minimum atomic E-state index is -0.605. The summed E-state index contributed by atoms with van der Waals surface area (Å²) in [5.74, 6) is -0.579. The topological polar surface area (TPSA) is 71.1 Å². The summed E-state index contributed by atoms with van der Waals surface area (Å²) in [5, 5.41) is 5.55. The van der Waals surface area contributed by atoms with Crippen molar-refractivity contribution in [3.63, 3.8) is 0 Å². The number of hydrogen-bond donors (Lipinski definition) is 2. The first-order valence-electron chi connectivity index (χ1n) is 5.63. The zero-order chi connectivity index (χ0) is 13.7. The third-order valence-corrected chi connectivity index (χ3v) is 2.37. The molecule has 0 spiro atoms. The molecule has 2 N–H and O–H groups in total. The van der Waals surface area contributed by atoms with Gasteiger partial charge >= 0.3 is 0 Å². The van der Waals surface area contributed by atoms with E-state index in [1.807, 2.05) is 13.8 Å². The molecule has 1 heterocycles. The lowest BCUT2D eigenvalue weighted by Crippen LogP contribution is -2.46. The monoisotopic (exact) mass is 269 g/mol. The molecule has 0 aliphatic heterocycles. The van der Waals surface area contributed by atoms with Gasteiger partial charge in [0, 0.05) is 17.8 Å². The number of halogens is 1. The second kappa shape index (κ2) is 6.35. The molecule has 0 saturated heterocycles. The zero-order valence-electron chi connectivity index (χ0n) is 10.5. The standard InChI is InChI=1S/C12H16ClN3O2/c1-7(2)15-11(17)8(3)16-12(18)9-4-5-14-10(13)6-9/h4-8H,1-3H3,(H,15,17)(H,16,18). The van der Waals surface area contributed by atoms with Crippen molar-refractivity contribution in [2.75, 3.05) is 0 Å². The van der Waals surface area contributed by atoms with Crippen molar-refractivity contribution in [2.45, 2.75) is 32.9 Å². The summed E-state index contributed by atoms with van der Waals surface area (Å²) >= 11 is 5.69. The third-order valence-electron chi connectivity index (χ3n) is 2.16. The van der Waals surface area contributed by atoms with Gasteiger partial charge in [0.2, 0.25) is 5.91 Å². The number of pyridine rings is 1. The lowest BCUT2D eigenvalue weighted by molar-refractivity contribution is -0.123. The highest BCUT2D eigenvalue weighted by molar-refractivity contribution is 6.29. The van der Waals surface area contributed by atoms with E-state index in [1.54, 1.807) is 6.92 Å². The van der Waals surface area contributed by atoms with Crippen LogP contribution in [0.4, 0.5) is 0 Å². The van der Waals surface area contributed by atoms with E-state index in [4.69, 9.17) is 11.6 Å². The second-order valence-electron chi connectivity index (χ2n) is 4.23. The molecule has 0 aliphatic rings. The van der Waals surface area contributed by atoms with Crippen LogP contribution >= 0.6 is 11.6 Å². The van der Waals surface area contributed by atoms with E-state index in [9.17, 15) is 9.59 Å². The van der Waals surface area contributed by atoms with Gasteiger partial charge in [0.15, 0.2) is 0 Å². The Hall–Kier alpha value is -1.62. The highest BCUT2D eigenvalue weighted by Gasteiger charge is 2.17. The SMILES string of the molecule is CC(C)NC(=O)C(C)NC(=O)c1ccnc(Cl)c1. The number of nitrogens with one attached hydrogen (secondary N) is 2. The van der Waals surface area contributed by atoms with Crippen LogP contribution in [0.25, 0.3) is 0 Å². The van der Waals surface area contributed by atoms with Crippen LogP contribution in [-0.4, -0.2) is 28.9 Å². The molecule has 0 fully saturated rings. The van der Waals surface area contributed by atoms with E-state index < -0.39 is 6.04 Å². The summed E-state index contributed by atoms with van der Waals surface area (Å²) in [4.78, 5) is 27.2. The Morgan fingerprint density at radius 1 is 1.28 bits per heavy atom. The average Bonchev–Trinajstić information content (AvgIpc) is 2.27. The number of carbonyl (C=O) groups excluding carboxylic acids is 2. The Bertz CT molecular complexity index is 449. The van der Waals surface area contributed by atoms with Gasteiger partial charge in [-0.25, -0.2) is 4.98 Å². The summed E-state index contributed by atoms with van der Waals surface area (Å²) in [6, 6.07) is 2.41. The Balaban J connectivity index is 2.62. The smallest absolute Gasteiger partial charge is 0.252 e. The highest BCUT2D eigenvalue weighted by atomic mass is 35.5. The fourth-order valence-electron chi connectivity index (χ4n) is 1.30. The molecular formula is C12H16ClN3O2. The predicted octanol–water partition coefficient (Wildman–Crippen LogP) is 1.38. The quantitative estimate of drug-likeness (QED) is 0.811. The number of aromatic nitrogens is 1. The van der Waals surface area contributed by atoms with Gasteiger partial charge in [-0.15, -0.1) is 0 Å². The van der Waals surface area contributed by atoms with E-state index in [0.717, 1.165) is 0 Å². The first kappa shape index (κ1) is 14.4. The Morgan fingerprint density at radius 3 is 2.50 bits per heavy atom. The van der Waals surface area contributed by atoms with Gasteiger partial charge in [0.1, 0.15) is 11.2 Å². The molecule has 2 amide bonds. The molecule has 0 saturated carbocycles. The first-order valence-corrected chi connectivity index (χ1v) is 6.00. The van der Waals surface area contributed by atoms with Crippen LogP contribution in [0.15, 0.2) is 18.3 Å². The van der Waals surface area contributed by atoms with E-state index in [1.165, 1.54) is 18.3 Å². The van der Waals surface area contributed by atoms with Crippen LogP contribution in [0, 0.1) is 0 Å². The summed E-state index contributed by atoms with van der Waals surface area (Å²) in [7, 11) is 0. The molecule has 6 heteroatoms. The maximum absolute atomic E-state index is 11.8. The largest absolute Gasteiger partial charge is 0.352 e. The van der Waals surface area contributed by atoms with Gasteiger partial charge < -0.3 is 10.6 Å². The first-order chi connectivity index (χ1) is 8.40. The van der Waals surface area contributed by atoms with Crippen LogP contribution in [0.2, 0.25) is 5.15 Å². The molecule has 0 bridgehead atoms. The summed E-state index contributed by atoms with van der Waals surface area (Å²) in [6.45, 7) is 5.34. The molecule has 0 aliphatic carbocycles. The lowest BCUT2D eigenvalue weighted by atomic mass is 10.2. The molecule has 0 aromatic carbocycles. The summed E-state index contributed by atoms with van der Waals surface area (Å²) < 4.78 is 0. The van der Waals surface area contributed by atoms with Crippen LogP contribution in [0.1, 0.15) is 31.1 Å². The second-order valence-corrected chi connectivity index (χ2v) is 4.61. The molecule has 18 heavy (non-hydrogen) atoms. The van der Waals surface area contributed by atoms with Gasteiger partial charge in [-0.1, -0.05) is 11.6 Å². The number of carbonyl (C=O) groups is 2. The van der Waals surface area contributed by atoms with E-state index in [-0.39, 0.29) is 23.0 Å². The molecule has 98 valence electrons. The fraction of sp³-hybridized carbons (Fsp3) is 0.417. The molecule has 1 atom stereocenters. The van der Waals surface area contributed by atoms with Crippen LogP contribution in [0.3, 0.4) is 0 Å². The molecule has 1 aromatic rings. The maximum Gasteiger partial charge on any atom is 0.252 e. The van der Waals surface area contributed by atoms with Crippen LogP contribution in [0.5, 0.6) is 0 Å². The molecule has 1 unspecified atom stereocenters. The van der Waals surface area contributed by atoms with Gasteiger partial charge in [0.05, 0.1) is 0 Å². The maximum atomic E-state index is 11.8. The van der Waals surface area contributed by atoms with E-state index >= 15 is 0 Å². The van der Waals surface area contributed by atoms with Gasteiger partial charge in [-0.3, -0.25) is 9.59 Å². The normalized spacial score (nSPS) is 12.1. The number of amides is 2. The molecule has 1 aromatic heterocycles. The van der Waals surface area contributed by atoms with E-state index in [0.29, 0.717) is 5.56 Å². The van der Waals surface area contributed by atoms with Crippen molar-refractivity contribution in [2.24, 2.45) is 0 Å². The molecule has 0 radical (unpaired) electrons. The molecule has 5 nitrogen and oxygen atoms in total. The number of nitrogens with zero attached hydrogens (tertiary/aromatic N) is 1. The van der Waals surface area contributed by atoms with E-state index in [2.05, 4.69) is 15.6 Å². The lowest BCUT2D eigenvalue weighted by Gasteiger charge is -2.16. The van der Waals surface area contributed by atoms with Gasteiger partial charge in [-0.05, 0) is 32.9 Å². The highest BCUT2D eigenvalue weighted by Crippen LogP contribution is 2.07. The average molecular weight is 270 g/mol. The Labute approximate surface area is 111 Å². The number of hydrogen-bond acceptors (Lipinski definition) is 3. The van der Waals surface area contributed by atoms with Crippen molar-refractivity contribution < 1.29 is 9.59 Å². The number of rotatable bonds is 4. The summed E-state index contributed by atoms with van der Waals surface area (Å²) in [6.07, 6.45) is 1.44. The molecular weight excluding hydrogens is 254 g/mol. The minimum absolute atomic E-state index is 0.0345. The minimum Gasteiger partial charge on any atom is -0.352 e. The van der Waals surface area contributed by atoms with Crippen molar-refractivity contribution in [3.8, 4) is 0 Å². The third kappa shape index (κ3) is 4.33.